The topological polar surface area (TPSA) is 49.9 Å². The molecule has 2 heterocycles. The van der Waals surface area contributed by atoms with Crippen molar-refractivity contribution in [3.05, 3.63) is 29.8 Å². The molecule has 5 nitrogen and oxygen atoms in total. The van der Waals surface area contributed by atoms with Gasteiger partial charge in [-0.15, -0.1) is 0 Å². The molecule has 1 aromatic rings. The van der Waals surface area contributed by atoms with Crippen LogP contribution in [0.1, 0.15) is 25.3 Å². The second-order valence-electron chi connectivity index (χ2n) is 6.41. The fraction of sp³-hybridized carbons (Fsp3) is 0.647. The van der Waals surface area contributed by atoms with Crippen LogP contribution in [0.15, 0.2) is 29.2 Å². The number of rotatable bonds is 4. The lowest BCUT2D eigenvalue weighted by Crippen LogP contribution is -2.56. The molecule has 0 aromatic heterocycles. The van der Waals surface area contributed by atoms with Gasteiger partial charge in [0.1, 0.15) is 0 Å². The maximum Gasteiger partial charge on any atom is 0.243 e. The van der Waals surface area contributed by atoms with Gasteiger partial charge in [-0.3, -0.25) is 0 Å². The maximum absolute atomic E-state index is 13.3. The number of morpholine rings is 1. The minimum Gasteiger partial charge on any atom is -0.378 e. The van der Waals surface area contributed by atoms with Crippen LogP contribution in [-0.2, 0) is 21.2 Å². The predicted molar refractivity (Wildman–Crippen MR) is 90.0 cm³/mol. The minimum absolute atomic E-state index is 0.0915. The SMILES string of the molecule is CCc1ccccc1S(=O)(=O)N1CCOCC1C1CCCN1C. The Morgan fingerprint density at radius 2 is 2.00 bits per heavy atom. The van der Waals surface area contributed by atoms with Crippen LogP contribution < -0.4 is 0 Å². The highest BCUT2D eigenvalue weighted by molar-refractivity contribution is 7.89. The Kier molecular flexibility index (Phi) is 5.06. The Morgan fingerprint density at radius 1 is 1.22 bits per heavy atom. The molecule has 2 saturated heterocycles. The largest absolute Gasteiger partial charge is 0.378 e. The van der Waals surface area contributed by atoms with Crippen LogP contribution >= 0.6 is 0 Å². The monoisotopic (exact) mass is 338 g/mol. The molecule has 0 aliphatic carbocycles. The van der Waals surface area contributed by atoms with E-state index in [0.717, 1.165) is 24.9 Å². The molecule has 0 saturated carbocycles. The summed E-state index contributed by atoms with van der Waals surface area (Å²) in [5, 5.41) is 0. The molecule has 6 heteroatoms. The molecule has 0 N–H and O–H groups in total. The minimum atomic E-state index is -3.49. The highest BCUT2D eigenvalue weighted by atomic mass is 32.2. The summed E-state index contributed by atoms with van der Waals surface area (Å²) in [6.45, 7) is 4.43. The number of hydrogen-bond acceptors (Lipinski definition) is 4. The lowest BCUT2D eigenvalue weighted by molar-refractivity contribution is 0.00523. The lowest BCUT2D eigenvalue weighted by Gasteiger charge is -2.40. The Hall–Kier alpha value is -0.950. The van der Waals surface area contributed by atoms with E-state index in [1.165, 1.54) is 0 Å². The van der Waals surface area contributed by atoms with Gasteiger partial charge in [0.05, 0.1) is 24.2 Å². The zero-order valence-electron chi connectivity index (χ0n) is 13.9. The van der Waals surface area contributed by atoms with Crippen molar-refractivity contribution in [2.24, 2.45) is 0 Å². The molecule has 3 rings (SSSR count). The van der Waals surface area contributed by atoms with Crippen molar-refractivity contribution in [1.82, 2.24) is 9.21 Å². The van der Waals surface area contributed by atoms with Crippen molar-refractivity contribution >= 4 is 10.0 Å². The summed E-state index contributed by atoms with van der Waals surface area (Å²) >= 11 is 0. The molecule has 2 atom stereocenters. The van der Waals surface area contributed by atoms with E-state index in [2.05, 4.69) is 11.9 Å². The Bertz CT molecular complexity index is 647. The number of likely N-dealkylation sites (tertiary alicyclic amines) is 1. The first-order valence-electron chi connectivity index (χ1n) is 8.43. The first kappa shape index (κ1) is 16.9. The van der Waals surface area contributed by atoms with Gasteiger partial charge in [0, 0.05) is 12.6 Å². The van der Waals surface area contributed by atoms with E-state index in [4.69, 9.17) is 4.74 Å². The van der Waals surface area contributed by atoms with Crippen LogP contribution in [0.2, 0.25) is 0 Å². The van der Waals surface area contributed by atoms with E-state index in [9.17, 15) is 8.42 Å². The van der Waals surface area contributed by atoms with Crippen LogP contribution in [0.5, 0.6) is 0 Å². The van der Waals surface area contributed by atoms with E-state index < -0.39 is 10.0 Å². The average molecular weight is 338 g/mol. The number of likely N-dealkylation sites (N-methyl/N-ethyl adjacent to an activating group) is 1. The summed E-state index contributed by atoms with van der Waals surface area (Å²) < 4.78 is 33.9. The van der Waals surface area contributed by atoms with Crippen LogP contribution in [0.3, 0.4) is 0 Å². The normalized spacial score (nSPS) is 27.4. The number of benzene rings is 1. The van der Waals surface area contributed by atoms with Gasteiger partial charge in [0.15, 0.2) is 0 Å². The van der Waals surface area contributed by atoms with Gasteiger partial charge in [-0.1, -0.05) is 25.1 Å². The second-order valence-corrected chi connectivity index (χ2v) is 8.27. The summed E-state index contributed by atoms with van der Waals surface area (Å²) in [7, 11) is -1.41. The summed E-state index contributed by atoms with van der Waals surface area (Å²) in [5.74, 6) is 0. The number of hydrogen-bond donors (Lipinski definition) is 0. The summed E-state index contributed by atoms with van der Waals surface area (Å²) in [6.07, 6.45) is 2.87. The molecule has 0 amide bonds. The number of aryl methyl sites for hydroxylation is 1. The van der Waals surface area contributed by atoms with E-state index in [-0.39, 0.29) is 12.1 Å². The summed E-state index contributed by atoms with van der Waals surface area (Å²) in [5.41, 5.74) is 0.887. The zero-order chi connectivity index (χ0) is 16.4. The Labute approximate surface area is 139 Å². The molecule has 2 aliphatic heterocycles. The summed E-state index contributed by atoms with van der Waals surface area (Å²) in [6, 6.07) is 7.51. The fourth-order valence-corrected chi connectivity index (χ4v) is 5.72. The van der Waals surface area contributed by atoms with Crippen molar-refractivity contribution in [3.8, 4) is 0 Å². The Balaban J connectivity index is 1.96. The second kappa shape index (κ2) is 6.89. The highest BCUT2D eigenvalue weighted by Gasteiger charge is 2.41. The molecule has 0 spiro atoms. The van der Waals surface area contributed by atoms with Crippen LogP contribution in [-0.4, -0.2) is 63.1 Å². The third kappa shape index (κ3) is 3.18. The van der Waals surface area contributed by atoms with Gasteiger partial charge < -0.3 is 9.64 Å². The van der Waals surface area contributed by atoms with Crippen molar-refractivity contribution in [3.63, 3.8) is 0 Å². The quantitative estimate of drug-likeness (QED) is 0.839. The van der Waals surface area contributed by atoms with E-state index in [0.29, 0.717) is 31.1 Å². The van der Waals surface area contributed by atoms with Gasteiger partial charge in [-0.25, -0.2) is 8.42 Å². The van der Waals surface area contributed by atoms with E-state index in [1.807, 2.05) is 25.1 Å². The average Bonchev–Trinajstić information content (AvgIpc) is 3.00. The third-order valence-electron chi connectivity index (χ3n) is 5.08. The number of nitrogens with zero attached hydrogens (tertiary/aromatic N) is 2. The van der Waals surface area contributed by atoms with Crippen LogP contribution in [0, 0.1) is 0 Å². The molecule has 23 heavy (non-hydrogen) atoms. The number of sulfonamides is 1. The first-order chi connectivity index (χ1) is 11.1. The van der Waals surface area contributed by atoms with E-state index in [1.54, 1.807) is 10.4 Å². The standard InChI is InChI=1S/C17H26N2O3S/c1-3-14-7-4-5-9-17(14)23(20,21)19-11-12-22-13-16(19)15-8-6-10-18(15)2/h4-5,7,9,15-16H,3,6,8,10-13H2,1-2H3. The molecular formula is C17H26N2O3S. The van der Waals surface area contributed by atoms with Gasteiger partial charge in [-0.05, 0) is 44.5 Å². The molecule has 2 unspecified atom stereocenters. The highest BCUT2D eigenvalue weighted by Crippen LogP contribution is 2.29. The van der Waals surface area contributed by atoms with Crippen molar-refractivity contribution in [2.75, 3.05) is 33.4 Å². The maximum atomic E-state index is 13.3. The van der Waals surface area contributed by atoms with Crippen molar-refractivity contribution < 1.29 is 13.2 Å². The zero-order valence-corrected chi connectivity index (χ0v) is 14.8. The van der Waals surface area contributed by atoms with Gasteiger partial charge >= 0.3 is 0 Å². The first-order valence-corrected chi connectivity index (χ1v) is 9.87. The number of ether oxygens (including phenoxy) is 1. The van der Waals surface area contributed by atoms with Crippen LogP contribution in [0.4, 0.5) is 0 Å². The predicted octanol–water partition coefficient (Wildman–Crippen LogP) is 1.73. The third-order valence-corrected chi connectivity index (χ3v) is 7.10. The lowest BCUT2D eigenvalue weighted by atomic mass is 10.1. The van der Waals surface area contributed by atoms with Crippen molar-refractivity contribution in [2.45, 2.75) is 43.2 Å². The molecule has 0 bridgehead atoms. The van der Waals surface area contributed by atoms with Gasteiger partial charge in [0.2, 0.25) is 10.0 Å². The molecule has 128 valence electrons. The fourth-order valence-electron chi connectivity index (χ4n) is 3.81. The molecule has 2 aliphatic rings. The molecule has 2 fully saturated rings. The molecule has 0 radical (unpaired) electrons. The van der Waals surface area contributed by atoms with Crippen molar-refractivity contribution in [1.29, 1.82) is 0 Å². The van der Waals surface area contributed by atoms with E-state index >= 15 is 0 Å². The molecule has 1 aromatic carbocycles. The van der Waals surface area contributed by atoms with Crippen LogP contribution in [0.25, 0.3) is 0 Å². The molecular weight excluding hydrogens is 312 g/mol. The van der Waals surface area contributed by atoms with Gasteiger partial charge in [0.25, 0.3) is 0 Å². The smallest absolute Gasteiger partial charge is 0.243 e. The van der Waals surface area contributed by atoms with Gasteiger partial charge in [-0.2, -0.15) is 4.31 Å². The summed E-state index contributed by atoms with van der Waals surface area (Å²) in [4.78, 5) is 2.73. The Morgan fingerprint density at radius 3 is 2.70 bits per heavy atom.